The molecule has 1 fully saturated rings. The Kier molecular flexibility index (Phi) is 10.8. The average Bonchev–Trinajstić information content (AvgIpc) is 2.89. The Morgan fingerprint density at radius 2 is 1.71 bits per heavy atom. The quantitative estimate of drug-likeness (QED) is 0.115. The van der Waals surface area contributed by atoms with Crippen LogP contribution in [-0.2, 0) is 24.5 Å². The number of anilines is 2. The average molecular weight is 523 g/mol. The van der Waals surface area contributed by atoms with Crippen LogP contribution < -0.4 is 16.2 Å². The maximum absolute atomic E-state index is 12.6. The van der Waals surface area contributed by atoms with Crippen molar-refractivity contribution >= 4 is 29.4 Å². The van der Waals surface area contributed by atoms with Crippen molar-refractivity contribution in [1.82, 2.24) is 0 Å². The van der Waals surface area contributed by atoms with Gasteiger partial charge in [0.15, 0.2) is 0 Å². The first-order valence-corrected chi connectivity index (χ1v) is 13.6. The van der Waals surface area contributed by atoms with Crippen molar-refractivity contribution in [2.75, 3.05) is 24.7 Å². The zero-order valence-electron chi connectivity index (χ0n) is 22.9. The van der Waals surface area contributed by atoms with Crippen molar-refractivity contribution < 1.29 is 23.8 Å². The van der Waals surface area contributed by atoms with Gasteiger partial charge in [0, 0.05) is 29.5 Å². The van der Waals surface area contributed by atoms with Gasteiger partial charge in [-0.25, -0.2) is 4.79 Å². The predicted octanol–water partition coefficient (Wildman–Crippen LogP) is 6.06. The highest BCUT2D eigenvalue weighted by Crippen LogP contribution is 2.30. The van der Waals surface area contributed by atoms with Crippen LogP contribution in [0.2, 0.25) is 0 Å². The van der Waals surface area contributed by atoms with Gasteiger partial charge in [0.1, 0.15) is 12.4 Å². The Balaban J connectivity index is 1.42. The lowest BCUT2D eigenvalue weighted by atomic mass is 9.84. The van der Waals surface area contributed by atoms with Gasteiger partial charge in [-0.2, -0.15) is 0 Å². The molecule has 0 aromatic heterocycles. The molecule has 0 radical (unpaired) electrons. The number of benzene rings is 2. The molecule has 0 bridgehead atoms. The summed E-state index contributed by atoms with van der Waals surface area (Å²) < 4.78 is 17.0. The summed E-state index contributed by atoms with van der Waals surface area (Å²) in [6, 6.07) is 12.4. The number of unbranched alkanes of at least 4 members (excludes halogenated alkanes) is 2. The highest BCUT2D eigenvalue weighted by molar-refractivity contribution is 5.87. The fourth-order valence-electron chi connectivity index (χ4n) is 4.65. The zero-order chi connectivity index (χ0) is 27.5. The van der Waals surface area contributed by atoms with E-state index in [9.17, 15) is 9.59 Å². The van der Waals surface area contributed by atoms with Gasteiger partial charge in [-0.3, -0.25) is 4.79 Å². The molecule has 0 spiro atoms. The standard InChI is InChI=1S/C31H42N2O5/c1-4-5-6-19-36-25-15-10-23(11-16-25)30(35)38-26-13-7-22(8-14-26)9-18-29(34)37-21-31(2,3)27-17-12-24(32)20-28(27)33/h7-9,12-14,17-18,20,23,25H,4-6,10-11,15-16,19,21,32-33H2,1-3H3/b18-9+. The van der Waals surface area contributed by atoms with Gasteiger partial charge in [-0.05, 0) is 73.6 Å². The topological polar surface area (TPSA) is 114 Å². The molecule has 1 aliphatic carbocycles. The van der Waals surface area contributed by atoms with Gasteiger partial charge >= 0.3 is 11.9 Å². The number of nitrogens with two attached hydrogens (primary N) is 2. The Morgan fingerprint density at radius 1 is 1.00 bits per heavy atom. The monoisotopic (exact) mass is 522 g/mol. The number of hydrogen-bond donors (Lipinski definition) is 2. The molecule has 2 aromatic rings. The number of carbonyl (C=O) groups excluding carboxylic acids is 2. The normalized spacial score (nSPS) is 17.9. The molecule has 0 amide bonds. The highest BCUT2D eigenvalue weighted by Gasteiger charge is 2.28. The van der Waals surface area contributed by atoms with Crippen LogP contribution in [0.5, 0.6) is 5.75 Å². The number of nitrogen functional groups attached to an aromatic ring is 2. The van der Waals surface area contributed by atoms with E-state index >= 15 is 0 Å². The Morgan fingerprint density at radius 3 is 2.37 bits per heavy atom. The van der Waals surface area contributed by atoms with E-state index in [0.29, 0.717) is 17.1 Å². The van der Waals surface area contributed by atoms with Gasteiger partial charge in [-0.15, -0.1) is 0 Å². The maximum atomic E-state index is 12.6. The second-order valence-corrected chi connectivity index (χ2v) is 10.7. The van der Waals surface area contributed by atoms with Crippen LogP contribution in [0.1, 0.15) is 76.8 Å². The number of esters is 2. The SMILES string of the molecule is CCCCCOC1CCC(C(=O)Oc2ccc(/C=C/C(=O)OCC(C)(C)c3ccc(N)cc3N)cc2)CC1. The molecule has 0 saturated heterocycles. The Hall–Kier alpha value is -3.32. The summed E-state index contributed by atoms with van der Waals surface area (Å²) in [5.41, 5.74) is 14.2. The second-order valence-electron chi connectivity index (χ2n) is 10.7. The summed E-state index contributed by atoms with van der Waals surface area (Å²) in [4.78, 5) is 24.9. The third kappa shape index (κ3) is 8.91. The van der Waals surface area contributed by atoms with E-state index in [4.69, 9.17) is 25.7 Å². The second kappa shape index (κ2) is 14.0. The van der Waals surface area contributed by atoms with Crippen molar-refractivity contribution in [3.63, 3.8) is 0 Å². The first-order valence-electron chi connectivity index (χ1n) is 13.6. The van der Waals surface area contributed by atoms with E-state index in [0.717, 1.165) is 49.8 Å². The van der Waals surface area contributed by atoms with Gasteiger partial charge in [0.25, 0.3) is 0 Å². The van der Waals surface area contributed by atoms with E-state index in [1.54, 1.807) is 42.5 Å². The molecule has 1 aliphatic rings. The van der Waals surface area contributed by atoms with Crippen molar-refractivity contribution in [3.05, 3.63) is 59.7 Å². The van der Waals surface area contributed by atoms with Crippen molar-refractivity contribution in [2.24, 2.45) is 5.92 Å². The van der Waals surface area contributed by atoms with Crippen LogP contribution in [0.25, 0.3) is 6.08 Å². The summed E-state index contributed by atoms with van der Waals surface area (Å²) in [6.07, 6.45) is 10.2. The van der Waals surface area contributed by atoms with Crippen LogP contribution in [0.15, 0.2) is 48.5 Å². The third-order valence-electron chi connectivity index (χ3n) is 7.00. The van der Waals surface area contributed by atoms with Crippen LogP contribution >= 0.6 is 0 Å². The summed E-state index contributed by atoms with van der Waals surface area (Å²) in [6.45, 7) is 7.08. The van der Waals surface area contributed by atoms with Crippen molar-refractivity contribution in [2.45, 2.75) is 77.2 Å². The summed E-state index contributed by atoms with van der Waals surface area (Å²) in [7, 11) is 0. The predicted molar refractivity (Wildman–Crippen MR) is 152 cm³/mol. The van der Waals surface area contributed by atoms with Crippen molar-refractivity contribution in [3.8, 4) is 5.75 Å². The highest BCUT2D eigenvalue weighted by atomic mass is 16.5. The molecular formula is C31H42N2O5. The molecule has 4 N–H and O–H groups in total. The van der Waals surface area contributed by atoms with Crippen molar-refractivity contribution in [1.29, 1.82) is 0 Å². The summed E-state index contributed by atoms with van der Waals surface area (Å²) in [5.74, 6) is -0.235. The molecular weight excluding hydrogens is 480 g/mol. The third-order valence-corrected chi connectivity index (χ3v) is 7.00. The molecule has 0 atom stereocenters. The van der Waals surface area contributed by atoms with E-state index in [-0.39, 0.29) is 24.6 Å². The molecule has 7 heteroatoms. The number of carbonyl (C=O) groups is 2. The van der Waals surface area contributed by atoms with Gasteiger partial charge in [0.2, 0.25) is 0 Å². The summed E-state index contributed by atoms with van der Waals surface area (Å²) >= 11 is 0. The van der Waals surface area contributed by atoms with E-state index in [1.165, 1.54) is 18.9 Å². The molecule has 0 heterocycles. The summed E-state index contributed by atoms with van der Waals surface area (Å²) in [5, 5.41) is 0. The maximum Gasteiger partial charge on any atom is 0.330 e. The Labute approximate surface area is 226 Å². The fourth-order valence-corrected chi connectivity index (χ4v) is 4.65. The fraction of sp³-hybridized carbons (Fsp3) is 0.484. The lowest BCUT2D eigenvalue weighted by molar-refractivity contribution is -0.141. The molecule has 0 aliphatic heterocycles. The lowest BCUT2D eigenvalue weighted by Crippen LogP contribution is -2.29. The van der Waals surface area contributed by atoms with Gasteiger partial charge in [-0.1, -0.05) is 51.8 Å². The lowest BCUT2D eigenvalue weighted by Gasteiger charge is -2.27. The van der Waals surface area contributed by atoms with Crippen LogP contribution in [0.3, 0.4) is 0 Å². The number of ether oxygens (including phenoxy) is 3. The molecule has 3 rings (SSSR count). The minimum atomic E-state index is -0.465. The van der Waals surface area contributed by atoms with Crippen LogP contribution in [0, 0.1) is 5.92 Å². The smallest absolute Gasteiger partial charge is 0.330 e. The van der Waals surface area contributed by atoms with Crippen LogP contribution in [-0.4, -0.2) is 31.3 Å². The minimum absolute atomic E-state index is 0.0901. The minimum Gasteiger partial charge on any atom is -0.462 e. The van der Waals surface area contributed by atoms with Gasteiger partial charge in [0.05, 0.1) is 12.0 Å². The zero-order valence-corrected chi connectivity index (χ0v) is 22.9. The van der Waals surface area contributed by atoms with E-state index < -0.39 is 11.4 Å². The largest absolute Gasteiger partial charge is 0.462 e. The van der Waals surface area contributed by atoms with E-state index in [1.807, 2.05) is 19.9 Å². The Bertz CT molecular complexity index is 1090. The molecule has 2 aromatic carbocycles. The molecule has 0 unspecified atom stereocenters. The van der Waals surface area contributed by atoms with Crippen LogP contribution in [0.4, 0.5) is 11.4 Å². The molecule has 206 valence electrons. The molecule has 1 saturated carbocycles. The van der Waals surface area contributed by atoms with Gasteiger partial charge < -0.3 is 25.7 Å². The first kappa shape index (κ1) is 29.2. The first-order chi connectivity index (χ1) is 18.2. The van der Waals surface area contributed by atoms with E-state index in [2.05, 4.69) is 6.92 Å². The molecule has 38 heavy (non-hydrogen) atoms. The molecule has 7 nitrogen and oxygen atoms in total. The number of hydrogen-bond acceptors (Lipinski definition) is 7. The number of rotatable bonds is 12.